The fourth-order valence-corrected chi connectivity index (χ4v) is 2.72. The molecule has 2 N–H and O–H groups in total. The molecule has 0 amide bonds. The number of ether oxygens (including phenoxy) is 1. The van der Waals surface area contributed by atoms with Gasteiger partial charge in [0.1, 0.15) is 5.75 Å². The van der Waals surface area contributed by atoms with Crippen LogP contribution in [0.2, 0.25) is 0 Å². The molecule has 108 valence electrons. The van der Waals surface area contributed by atoms with Gasteiger partial charge in [0.05, 0.1) is 24.3 Å². The van der Waals surface area contributed by atoms with E-state index in [0.717, 1.165) is 5.56 Å². The van der Waals surface area contributed by atoms with Crippen molar-refractivity contribution in [2.24, 2.45) is 0 Å². The minimum Gasteiger partial charge on any atom is -0.491 e. The van der Waals surface area contributed by atoms with Gasteiger partial charge in [-0.2, -0.15) is 8.42 Å². The van der Waals surface area contributed by atoms with Crippen LogP contribution < -0.4 is 9.46 Å². The molecule has 0 fully saturated rings. The van der Waals surface area contributed by atoms with Crippen LogP contribution in [-0.2, 0) is 10.0 Å². The molecular weight excluding hydrogens is 278 g/mol. The molecule has 0 aliphatic carbocycles. The summed E-state index contributed by atoms with van der Waals surface area (Å²) in [5.41, 5.74) is 1.29. The first-order valence-electron chi connectivity index (χ1n) is 6.17. The van der Waals surface area contributed by atoms with E-state index < -0.39 is 10.0 Å². The molecule has 1 aromatic heterocycles. The third-order valence-corrected chi connectivity index (χ3v) is 3.87. The van der Waals surface area contributed by atoms with Gasteiger partial charge in [-0.25, -0.2) is 4.98 Å². The molecule has 0 bridgehead atoms. The Morgan fingerprint density at radius 3 is 2.65 bits per heavy atom. The van der Waals surface area contributed by atoms with E-state index in [2.05, 4.69) is 14.7 Å². The molecule has 1 aromatic carbocycles. The maximum absolute atomic E-state index is 12.1. The van der Waals surface area contributed by atoms with Crippen LogP contribution in [-0.4, -0.2) is 24.5 Å². The van der Waals surface area contributed by atoms with E-state index in [1.165, 1.54) is 12.5 Å². The third kappa shape index (κ3) is 3.30. The van der Waals surface area contributed by atoms with Gasteiger partial charge in [0.2, 0.25) is 0 Å². The summed E-state index contributed by atoms with van der Waals surface area (Å²) in [7, 11) is -3.64. The number of aromatic nitrogens is 2. The van der Waals surface area contributed by atoms with Gasteiger partial charge in [0, 0.05) is 0 Å². The Labute approximate surface area is 118 Å². The number of benzene rings is 1. The van der Waals surface area contributed by atoms with Gasteiger partial charge >= 0.3 is 0 Å². The number of H-pyrrole nitrogens is 1. The highest BCUT2D eigenvalue weighted by molar-refractivity contribution is 7.92. The highest BCUT2D eigenvalue weighted by atomic mass is 32.2. The number of nitrogens with one attached hydrogen (secondary N) is 2. The number of sulfonamides is 1. The first-order chi connectivity index (χ1) is 9.38. The average Bonchev–Trinajstić information content (AvgIpc) is 2.86. The summed E-state index contributed by atoms with van der Waals surface area (Å²) >= 11 is 0. The summed E-state index contributed by atoms with van der Waals surface area (Å²) in [6.45, 7) is 5.69. The molecular formula is C13H17N3O3S. The minimum atomic E-state index is -3.64. The summed E-state index contributed by atoms with van der Waals surface area (Å²) in [6, 6.07) is 5.21. The molecule has 1 heterocycles. The maximum Gasteiger partial charge on any atom is 0.278 e. The van der Waals surface area contributed by atoms with E-state index in [1.807, 2.05) is 20.8 Å². The lowest BCUT2D eigenvalue weighted by molar-refractivity contribution is 0.242. The van der Waals surface area contributed by atoms with Crippen LogP contribution in [0.3, 0.4) is 0 Å². The Morgan fingerprint density at radius 2 is 2.10 bits per heavy atom. The highest BCUT2D eigenvalue weighted by Crippen LogP contribution is 2.24. The number of imidazole rings is 1. The summed E-state index contributed by atoms with van der Waals surface area (Å²) < 4.78 is 32.2. The summed E-state index contributed by atoms with van der Waals surface area (Å²) in [6.07, 6.45) is 2.65. The lowest BCUT2D eigenvalue weighted by atomic mass is 10.2. The third-order valence-electron chi connectivity index (χ3n) is 2.58. The van der Waals surface area contributed by atoms with Crippen molar-refractivity contribution in [3.63, 3.8) is 0 Å². The lowest BCUT2D eigenvalue weighted by Gasteiger charge is -2.13. The molecule has 0 saturated carbocycles. The lowest BCUT2D eigenvalue weighted by Crippen LogP contribution is -2.14. The van der Waals surface area contributed by atoms with Crippen molar-refractivity contribution in [1.29, 1.82) is 0 Å². The SMILES string of the molecule is Cc1cc(OC(C)C)ccc1NS(=O)(=O)c1cnc[nH]1. The Balaban J connectivity index is 2.22. The molecule has 0 aliphatic rings. The van der Waals surface area contributed by atoms with E-state index >= 15 is 0 Å². The molecule has 0 spiro atoms. The van der Waals surface area contributed by atoms with Crippen molar-refractivity contribution in [3.8, 4) is 5.75 Å². The van der Waals surface area contributed by atoms with Crippen molar-refractivity contribution in [1.82, 2.24) is 9.97 Å². The number of nitrogens with zero attached hydrogens (tertiary/aromatic N) is 1. The number of hydrogen-bond donors (Lipinski definition) is 2. The summed E-state index contributed by atoms with van der Waals surface area (Å²) in [5.74, 6) is 0.710. The smallest absolute Gasteiger partial charge is 0.278 e. The average molecular weight is 295 g/mol. The van der Waals surface area contributed by atoms with Gasteiger partial charge in [-0.3, -0.25) is 4.72 Å². The monoisotopic (exact) mass is 295 g/mol. The van der Waals surface area contributed by atoms with Crippen molar-refractivity contribution in [2.45, 2.75) is 31.9 Å². The maximum atomic E-state index is 12.1. The van der Waals surface area contributed by atoms with Crippen LogP contribution in [0.25, 0.3) is 0 Å². The standard InChI is InChI=1S/C13H17N3O3S/c1-9(2)19-11-4-5-12(10(3)6-11)16-20(17,18)13-7-14-8-15-13/h4-9,16H,1-3H3,(H,14,15). The quantitative estimate of drug-likeness (QED) is 0.886. The molecule has 0 saturated heterocycles. The van der Waals surface area contributed by atoms with Gasteiger partial charge in [-0.05, 0) is 44.5 Å². The first kappa shape index (κ1) is 14.4. The Kier molecular flexibility index (Phi) is 3.99. The van der Waals surface area contributed by atoms with Crippen LogP contribution in [0.5, 0.6) is 5.75 Å². The number of hydrogen-bond acceptors (Lipinski definition) is 4. The van der Waals surface area contributed by atoms with Crippen LogP contribution in [0, 0.1) is 6.92 Å². The number of aromatic amines is 1. The minimum absolute atomic E-state index is 0.0272. The molecule has 6 nitrogen and oxygen atoms in total. The molecule has 7 heteroatoms. The molecule has 20 heavy (non-hydrogen) atoms. The van der Waals surface area contributed by atoms with E-state index in [4.69, 9.17) is 4.74 Å². The van der Waals surface area contributed by atoms with Crippen LogP contribution in [0.15, 0.2) is 35.7 Å². The zero-order valence-corrected chi connectivity index (χ0v) is 12.4. The van der Waals surface area contributed by atoms with Crippen LogP contribution in [0.4, 0.5) is 5.69 Å². The van der Waals surface area contributed by atoms with Crippen LogP contribution >= 0.6 is 0 Å². The zero-order valence-electron chi connectivity index (χ0n) is 11.5. The fraction of sp³-hybridized carbons (Fsp3) is 0.308. The number of rotatable bonds is 5. The molecule has 2 rings (SSSR count). The number of anilines is 1. The van der Waals surface area contributed by atoms with Crippen molar-refractivity contribution < 1.29 is 13.2 Å². The Bertz CT molecular complexity index is 679. The summed E-state index contributed by atoms with van der Waals surface area (Å²) in [4.78, 5) is 6.27. The van der Waals surface area contributed by atoms with Gasteiger partial charge in [0.15, 0.2) is 5.03 Å². The normalized spacial score (nSPS) is 11.6. The topological polar surface area (TPSA) is 84.1 Å². The van der Waals surface area contributed by atoms with Gasteiger partial charge in [-0.15, -0.1) is 0 Å². The van der Waals surface area contributed by atoms with E-state index in [9.17, 15) is 8.42 Å². The van der Waals surface area contributed by atoms with E-state index in [-0.39, 0.29) is 11.1 Å². The molecule has 0 unspecified atom stereocenters. The predicted octanol–water partition coefficient (Wildman–Crippen LogP) is 2.31. The Morgan fingerprint density at radius 1 is 1.35 bits per heavy atom. The predicted molar refractivity (Wildman–Crippen MR) is 76.3 cm³/mol. The van der Waals surface area contributed by atoms with Crippen molar-refractivity contribution in [3.05, 3.63) is 36.3 Å². The summed E-state index contributed by atoms with van der Waals surface area (Å²) in [5, 5.41) is 0.0272. The Hall–Kier alpha value is -2.02. The molecule has 0 radical (unpaired) electrons. The van der Waals surface area contributed by atoms with Gasteiger partial charge in [0.25, 0.3) is 10.0 Å². The van der Waals surface area contributed by atoms with E-state index in [0.29, 0.717) is 11.4 Å². The second kappa shape index (κ2) is 5.54. The van der Waals surface area contributed by atoms with Crippen LogP contribution in [0.1, 0.15) is 19.4 Å². The van der Waals surface area contributed by atoms with Crippen molar-refractivity contribution in [2.75, 3.05) is 4.72 Å². The molecule has 2 aromatic rings. The van der Waals surface area contributed by atoms with Gasteiger partial charge < -0.3 is 9.72 Å². The fourth-order valence-electron chi connectivity index (χ4n) is 1.69. The second-order valence-corrected chi connectivity index (χ2v) is 6.32. The largest absolute Gasteiger partial charge is 0.491 e. The van der Waals surface area contributed by atoms with E-state index in [1.54, 1.807) is 18.2 Å². The second-order valence-electron chi connectivity index (χ2n) is 4.66. The molecule has 0 aliphatic heterocycles. The number of aryl methyl sites for hydroxylation is 1. The highest BCUT2D eigenvalue weighted by Gasteiger charge is 2.16. The first-order valence-corrected chi connectivity index (χ1v) is 7.65. The molecule has 0 atom stereocenters. The van der Waals surface area contributed by atoms with Crippen molar-refractivity contribution >= 4 is 15.7 Å². The van der Waals surface area contributed by atoms with Gasteiger partial charge in [-0.1, -0.05) is 0 Å². The zero-order chi connectivity index (χ0) is 14.8.